The van der Waals surface area contributed by atoms with Crippen LogP contribution >= 0.6 is 0 Å². The summed E-state index contributed by atoms with van der Waals surface area (Å²) in [6, 6.07) is 14.5. The summed E-state index contributed by atoms with van der Waals surface area (Å²) in [5, 5.41) is 6.46. The van der Waals surface area contributed by atoms with Crippen LogP contribution in [-0.2, 0) is 22.5 Å². The molecule has 5 fully saturated rings. The fraction of sp³-hybridized carbons (Fsp3) is 0.576. The Morgan fingerprint density at radius 1 is 0.900 bits per heavy atom. The van der Waals surface area contributed by atoms with E-state index in [4.69, 9.17) is 4.74 Å². The van der Waals surface area contributed by atoms with Gasteiger partial charge >= 0.3 is 0 Å². The fourth-order valence-electron chi connectivity index (χ4n) is 8.67. The van der Waals surface area contributed by atoms with E-state index in [9.17, 15) is 9.59 Å². The molecule has 0 radical (unpaired) electrons. The van der Waals surface area contributed by atoms with E-state index >= 15 is 0 Å². The van der Waals surface area contributed by atoms with Crippen LogP contribution in [0.15, 0.2) is 42.5 Å². The number of ether oxygens (including phenoxy) is 1. The first-order valence-corrected chi connectivity index (χ1v) is 15.4. The van der Waals surface area contributed by atoms with Gasteiger partial charge in [-0.05, 0) is 92.0 Å². The van der Waals surface area contributed by atoms with Gasteiger partial charge in [-0.1, -0.05) is 24.3 Å². The summed E-state index contributed by atoms with van der Waals surface area (Å²) in [4.78, 5) is 32.1. The van der Waals surface area contributed by atoms with Crippen molar-refractivity contribution in [2.75, 3.05) is 56.2 Å². The molecule has 2 amide bonds. The van der Waals surface area contributed by atoms with Crippen molar-refractivity contribution in [1.29, 1.82) is 0 Å². The fourth-order valence-corrected chi connectivity index (χ4v) is 8.67. The van der Waals surface area contributed by atoms with Crippen LogP contribution in [0.2, 0.25) is 0 Å². The van der Waals surface area contributed by atoms with Gasteiger partial charge in [-0.25, -0.2) is 0 Å². The second-order valence-corrected chi connectivity index (χ2v) is 13.0. The van der Waals surface area contributed by atoms with Gasteiger partial charge in [0.25, 0.3) is 5.91 Å². The van der Waals surface area contributed by atoms with E-state index in [1.807, 2.05) is 18.2 Å². The highest BCUT2D eigenvalue weighted by atomic mass is 16.5. The van der Waals surface area contributed by atoms with Crippen molar-refractivity contribution < 1.29 is 14.3 Å². The number of nitrogens with zero attached hydrogens (tertiary/aromatic N) is 2. The smallest absolute Gasteiger partial charge is 0.253 e. The Morgan fingerprint density at radius 3 is 2.33 bits per heavy atom. The normalized spacial score (nSPS) is 29.2. The predicted octanol–water partition coefficient (Wildman–Crippen LogP) is 4.47. The summed E-state index contributed by atoms with van der Waals surface area (Å²) in [6.45, 7) is 6.35. The number of fused-ring (bicyclic) bond motifs is 1. The van der Waals surface area contributed by atoms with Crippen molar-refractivity contribution in [2.45, 2.75) is 51.5 Å². The lowest BCUT2D eigenvalue weighted by Gasteiger charge is -2.55. The van der Waals surface area contributed by atoms with Crippen LogP contribution in [0.1, 0.15) is 60.0 Å². The lowest BCUT2D eigenvalue weighted by atomic mass is 9.49. The van der Waals surface area contributed by atoms with Crippen LogP contribution in [0.5, 0.6) is 0 Å². The standard InChI is InChI=1S/C33H42N4O3/c38-31(34-8-10-36-11-13-40-14-12-36)29-18-28(5-6-30(29)37-9-7-26-3-1-2-4-27(26)22-37)35-32(39)33-19-23-15-24(20-33)17-25(16-23)21-33/h1-6,18,23-25H,7-17,19-22H2,(H,34,38)(H,35,39). The molecule has 2 heterocycles. The maximum absolute atomic E-state index is 13.8. The van der Waals surface area contributed by atoms with Crippen LogP contribution < -0.4 is 15.5 Å². The molecular weight excluding hydrogens is 500 g/mol. The number of carbonyl (C=O) groups excluding carboxylic acids is 2. The first-order chi connectivity index (χ1) is 19.5. The molecule has 0 atom stereocenters. The average molecular weight is 543 g/mol. The number of morpholine rings is 1. The largest absolute Gasteiger partial charge is 0.379 e. The SMILES string of the molecule is O=C(NCCN1CCOCC1)c1cc(NC(=O)C23CC4CC(CC(C4)C2)C3)ccc1N1CCc2ccccc2C1. The van der Waals surface area contributed by atoms with Gasteiger partial charge in [0.15, 0.2) is 0 Å². The van der Waals surface area contributed by atoms with E-state index in [-0.39, 0.29) is 17.2 Å². The molecular formula is C33H42N4O3. The van der Waals surface area contributed by atoms with E-state index in [0.29, 0.717) is 29.9 Å². The summed E-state index contributed by atoms with van der Waals surface area (Å²) >= 11 is 0. The van der Waals surface area contributed by atoms with Gasteiger partial charge in [0.05, 0.1) is 24.2 Å². The number of rotatable bonds is 7. The number of amides is 2. The molecule has 0 unspecified atom stereocenters. The third-order valence-corrected chi connectivity index (χ3v) is 10.3. The van der Waals surface area contributed by atoms with E-state index in [1.54, 1.807) is 0 Å². The molecule has 2 aliphatic heterocycles. The second-order valence-electron chi connectivity index (χ2n) is 13.0. The Balaban J connectivity index is 1.11. The number of hydrogen-bond acceptors (Lipinski definition) is 5. The monoisotopic (exact) mass is 542 g/mol. The van der Waals surface area contributed by atoms with E-state index in [1.165, 1.54) is 30.4 Å². The summed E-state index contributed by atoms with van der Waals surface area (Å²) in [7, 11) is 0. The Kier molecular flexibility index (Phi) is 7.04. The van der Waals surface area contributed by atoms with Crippen LogP contribution in [0.4, 0.5) is 11.4 Å². The van der Waals surface area contributed by atoms with Gasteiger partial charge in [0.2, 0.25) is 5.91 Å². The molecule has 4 aliphatic carbocycles. The molecule has 7 nitrogen and oxygen atoms in total. The lowest BCUT2D eigenvalue weighted by molar-refractivity contribution is -0.140. The molecule has 7 heteroatoms. The van der Waals surface area contributed by atoms with Crippen molar-refractivity contribution in [3.8, 4) is 0 Å². The Morgan fingerprint density at radius 2 is 1.60 bits per heavy atom. The van der Waals surface area contributed by atoms with Gasteiger partial charge in [-0.3, -0.25) is 14.5 Å². The van der Waals surface area contributed by atoms with Crippen LogP contribution in [0.25, 0.3) is 0 Å². The summed E-state index contributed by atoms with van der Waals surface area (Å²) < 4.78 is 5.46. The Labute approximate surface area is 237 Å². The summed E-state index contributed by atoms with van der Waals surface area (Å²) in [6.07, 6.45) is 8.00. The van der Waals surface area contributed by atoms with E-state index in [0.717, 1.165) is 83.0 Å². The van der Waals surface area contributed by atoms with Crippen molar-refractivity contribution >= 4 is 23.2 Å². The molecule has 0 aromatic heterocycles. The van der Waals surface area contributed by atoms with Gasteiger partial charge < -0.3 is 20.3 Å². The van der Waals surface area contributed by atoms with Gasteiger partial charge in [-0.15, -0.1) is 0 Å². The summed E-state index contributed by atoms with van der Waals surface area (Å²) in [5.41, 5.74) is 4.79. The maximum atomic E-state index is 13.8. The van der Waals surface area contributed by atoms with Crippen LogP contribution in [0, 0.1) is 23.2 Å². The third-order valence-electron chi connectivity index (χ3n) is 10.3. The minimum absolute atomic E-state index is 0.0759. The maximum Gasteiger partial charge on any atom is 0.253 e. The minimum atomic E-state index is -0.218. The zero-order valence-corrected chi connectivity index (χ0v) is 23.5. The number of anilines is 2. The quantitative estimate of drug-likeness (QED) is 0.540. The predicted molar refractivity (Wildman–Crippen MR) is 156 cm³/mol. The Hall–Kier alpha value is -2.90. The van der Waals surface area contributed by atoms with Crippen molar-refractivity contribution in [3.05, 3.63) is 59.2 Å². The first kappa shape index (κ1) is 26.0. The number of benzene rings is 2. The molecule has 0 spiro atoms. The molecule has 2 aromatic carbocycles. The summed E-state index contributed by atoms with van der Waals surface area (Å²) in [5.74, 6) is 2.25. The topological polar surface area (TPSA) is 73.9 Å². The minimum Gasteiger partial charge on any atom is -0.379 e. The molecule has 2 N–H and O–H groups in total. The van der Waals surface area contributed by atoms with Crippen molar-refractivity contribution in [3.63, 3.8) is 0 Å². The zero-order chi connectivity index (χ0) is 27.1. The highest BCUT2D eigenvalue weighted by Crippen LogP contribution is 2.60. The van der Waals surface area contributed by atoms with Crippen molar-refractivity contribution in [1.82, 2.24) is 10.2 Å². The molecule has 8 rings (SSSR count). The van der Waals surface area contributed by atoms with Crippen LogP contribution in [-0.4, -0.2) is 62.7 Å². The Bertz CT molecular complexity index is 1230. The number of hydrogen-bond donors (Lipinski definition) is 2. The molecule has 2 aromatic rings. The molecule has 1 saturated heterocycles. The van der Waals surface area contributed by atoms with E-state index < -0.39 is 0 Å². The number of carbonyl (C=O) groups is 2. The van der Waals surface area contributed by atoms with E-state index in [2.05, 4.69) is 44.7 Å². The number of nitrogens with one attached hydrogen (secondary N) is 2. The molecule has 6 aliphatic rings. The van der Waals surface area contributed by atoms with Crippen LogP contribution in [0.3, 0.4) is 0 Å². The average Bonchev–Trinajstić information content (AvgIpc) is 2.97. The molecule has 4 bridgehead atoms. The highest BCUT2D eigenvalue weighted by molar-refractivity contribution is 6.03. The van der Waals surface area contributed by atoms with Gasteiger partial charge in [-0.2, -0.15) is 0 Å². The van der Waals surface area contributed by atoms with Gasteiger partial charge in [0.1, 0.15) is 0 Å². The highest BCUT2D eigenvalue weighted by Gasteiger charge is 2.54. The van der Waals surface area contributed by atoms with Gasteiger partial charge in [0, 0.05) is 50.6 Å². The lowest BCUT2D eigenvalue weighted by Crippen LogP contribution is -2.51. The molecule has 4 saturated carbocycles. The molecule has 212 valence electrons. The first-order valence-electron chi connectivity index (χ1n) is 15.4. The zero-order valence-electron chi connectivity index (χ0n) is 23.5. The third kappa shape index (κ3) is 5.14. The second kappa shape index (κ2) is 10.8. The van der Waals surface area contributed by atoms with Crippen molar-refractivity contribution in [2.24, 2.45) is 23.2 Å². The molecule has 40 heavy (non-hydrogen) atoms.